The maximum Gasteiger partial charge on any atom is 0.229 e. The SMILES string of the molecule is CCNc1nc(OCCC(C)(C)OC)c2cn[nH]c2n1. The first-order valence-corrected chi connectivity index (χ1v) is 6.68. The number of hydrogen-bond donors (Lipinski definition) is 2. The van der Waals surface area contributed by atoms with Gasteiger partial charge < -0.3 is 14.8 Å². The summed E-state index contributed by atoms with van der Waals surface area (Å²) in [5, 5.41) is 10.7. The molecule has 7 nitrogen and oxygen atoms in total. The van der Waals surface area contributed by atoms with Gasteiger partial charge in [0.15, 0.2) is 5.65 Å². The van der Waals surface area contributed by atoms with Crippen molar-refractivity contribution in [2.45, 2.75) is 32.8 Å². The van der Waals surface area contributed by atoms with E-state index in [0.29, 0.717) is 24.1 Å². The smallest absolute Gasteiger partial charge is 0.229 e. The van der Waals surface area contributed by atoms with Crippen molar-refractivity contribution in [1.29, 1.82) is 0 Å². The molecule has 7 heteroatoms. The number of aromatic nitrogens is 4. The molecule has 2 N–H and O–H groups in total. The summed E-state index contributed by atoms with van der Waals surface area (Å²) in [4.78, 5) is 8.68. The quantitative estimate of drug-likeness (QED) is 0.806. The molecule has 20 heavy (non-hydrogen) atoms. The minimum Gasteiger partial charge on any atom is -0.477 e. The summed E-state index contributed by atoms with van der Waals surface area (Å²) < 4.78 is 11.1. The Labute approximate surface area is 118 Å². The Hall–Kier alpha value is -1.89. The maximum atomic E-state index is 5.77. The molecule has 0 aliphatic heterocycles. The van der Waals surface area contributed by atoms with Crippen molar-refractivity contribution in [3.63, 3.8) is 0 Å². The molecule has 0 radical (unpaired) electrons. The molecule has 0 atom stereocenters. The van der Waals surface area contributed by atoms with E-state index in [0.717, 1.165) is 18.4 Å². The molecule has 2 heterocycles. The van der Waals surface area contributed by atoms with Gasteiger partial charge in [0.1, 0.15) is 5.39 Å². The molecule has 0 saturated heterocycles. The molecule has 110 valence electrons. The molecular weight excluding hydrogens is 258 g/mol. The molecule has 0 bridgehead atoms. The second-order valence-corrected chi connectivity index (χ2v) is 5.08. The summed E-state index contributed by atoms with van der Waals surface area (Å²) in [7, 11) is 1.70. The zero-order valence-corrected chi connectivity index (χ0v) is 12.4. The van der Waals surface area contributed by atoms with Gasteiger partial charge in [-0.15, -0.1) is 0 Å². The summed E-state index contributed by atoms with van der Waals surface area (Å²) >= 11 is 0. The lowest BCUT2D eigenvalue weighted by molar-refractivity contribution is 0.00523. The van der Waals surface area contributed by atoms with E-state index in [2.05, 4.69) is 25.5 Å². The number of fused-ring (bicyclic) bond motifs is 1. The molecule has 0 saturated carbocycles. The van der Waals surface area contributed by atoms with E-state index in [1.807, 2.05) is 20.8 Å². The number of ether oxygens (including phenoxy) is 2. The van der Waals surface area contributed by atoms with Crippen molar-refractivity contribution < 1.29 is 9.47 Å². The molecule has 0 aliphatic carbocycles. The highest BCUT2D eigenvalue weighted by Crippen LogP contribution is 2.23. The second-order valence-electron chi connectivity index (χ2n) is 5.08. The number of aromatic amines is 1. The number of hydrogen-bond acceptors (Lipinski definition) is 6. The first kappa shape index (κ1) is 14.5. The third-order valence-corrected chi connectivity index (χ3v) is 3.11. The van der Waals surface area contributed by atoms with E-state index in [1.54, 1.807) is 13.3 Å². The highest BCUT2D eigenvalue weighted by molar-refractivity contribution is 5.80. The molecule has 2 rings (SSSR count). The number of anilines is 1. The van der Waals surface area contributed by atoms with Crippen LogP contribution in [0.4, 0.5) is 5.95 Å². The van der Waals surface area contributed by atoms with E-state index in [1.165, 1.54) is 0 Å². The summed E-state index contributed by atoms with van der Waals surface area (Å²) in [5.74, 6) is 1.07. The normalized spacial score (nSPS) is 11.8. The topological polar surface area (TPSA) is 85.0 Å². The van der Waals surface area contributed by atoms with Crippen LogP contribution in [0.15, 0.2) is 6.20 Å². The van der Waals surface area contributed by atoms with Crippen LogP contribution in [0.3, 0.4) is 0 Å². The largest absolute Gasteiger partial charge is 0.477 e. The van der Waals surface area contributed by atoms with Crippen LogP contribution in [-0.4, -0.2) is 46.0 Å². The van der Waals surface area contributed by atoms with Crippen LogP contribution < -0.4 is 10.1 Å². The first-order valence-electron chi connectivity index (χ1n) is 6.68. The van der Waals surface area contributed by atoms with Crippen LogP contribution in [0.2, 0.25) is 0 Å². The van der Waals surface area contributed by atoms with Gasteiger partial charge in [-0.3, -0.25) is 5.10 Å². The highest BCUT2D eigenvalue weighted by atomic mass is 16.5. The zero-order chi connectivity index (χ0) is 14.6. The van der Waals surface area contributed by atoms with E-state index in [9.17, 15) is 0 Å². The van der Waals surface area contributed by atoms with Crippen LogP contribution in [0.1, 0.15) is 27.2 Å². The Morgan fingerprint density at radius 1 is 1.35 bits per heavy atom. The van der Waals surface area contributed by atoms with Crippen LogP contribution in [0.5, 0.6) is 5.88 Å². The molecule has 0 aliphatic rings. The van der Waals surface area contributed by atoms with E-state index in [4.69, 9.17) is 9.47 Å². The average molecular weight is 279 g/mol. The van der Waals surface area contributed by atoms with Crippen LogP contribution >= 0.6 is 0 Å². The molecule has 0 fully saturated rings. The van der Waals surface area contributed by atoms with Crippen molar-refractivity contribution in [2.75, 3.05) is 25.6 Å². The van der Waals surface area contributed by atoms with Crippen LogP contribution in [0, 0.1) is 0 Å². The Morgan fingerprint density at radius 2 is 2.15 bits per heavy atom. The third kappa shape index (κ3) is 3.36. The second kappa shape index (κ2) is 6.04. The fourth-order valence-electron chi connectivity index (χ4n) is 1.65. The van der Waals surface area contributed by atoms with Gasteiger partial charge in [-0.05, 0) is 20.8 Å². The van der Waals surface area contributed by atoms with Gasteiger partial charge >= 0.3 is 0 Å². The lowest BCUT2D eigenvalue weighted by Gasteiger charge is -2.22. The monoisotopic (exact) mass is 279 g/mol. The molecule has 2 aromatic heterocycles. The van der Waals surface area contributed by atoms with Crippen LogP contribution in [-0.2, 0) is 4.74 Å². The Balaban J connectivity index is 2.13. The Bertz CT molecular complexity index is 567. The fourth-order valence-corrected chi connectivity index (χ4v) is 1.65. The van der Waals surface area contributed by atoms with Crippen molar-refractivity contribution in [2.24, 2.45) is 0 Å². The average Bonchev–Trinajstić information content (AvgIpc) is 2.87. The molecular formula is C13H21N5O2. The minimum absolute atomic E-state index is 0.215. The number of nitrogens with one attached hydrogen (secondary N) is 2. The highest BCUT2D eigenvalue weighted by Gasteiger charge is 2.17. The number of rotatable bonds is 7. The van der Waals surface area contributed by atoms with Gasteiger partial charge in [-0.25, -0.2) is 0 Å². The summed E-state index contributed by atoms with van der Waals surface area (Å²) in [6.45, 7) is 7.29. The van der Waals surface area contributed by atoms with Crippen LogP contribution in [0.25, 0.3) is 11.0 Å². The molecule has 0 unspecified atom stereocenters. The predicted molar refractivity (Wildman–Crippen MR) is 77.0 cm³/mol. The number of methoxy groups -OCH3 is 1. The number of H-pyrrole nitrogens is 1. The van der Waals surface area contributed by atoms with E-state index >= 15 is 0 Å². The zero-order valence-electron chi connectivity index (χ0n) is 12.4. The van der Waals surface area contributed by atoms with Crippen molar-refractivity contribution in [3.05, 3.63) is 6.20 Å². The maximum absolute atomic E-state index is 5.77. The van der Waals surface area contributed by atoms with Crippen molar-refractivity contribution in [1.82, 2.24) is 20.2 Å². The van der Waals surface area contributed by atoms with Crippen molar-refractivity contribution in [3.8, 4) is 5.88 Å². The summed E-state index contributed by atoms with van der Waals surface area (Å²) in [6.07, 6.45) is 2.44. The summed E-state index contributed by atoms with van der Waals surface area (Å²) in [5.41, 5.74) is 0.449. The van der Waals surface area contributed by atoms with Gasteiger partial charge in [0, 0.05) is 20.1 Å². The van der Waals surface area contributed by atoms with Crippen molar-refractivity contribution >= 4 is 17.0 Å². The van der Waals surface area contributed by atoms with E-state index in [-0.39, 0.29) is 5.60 Å². The minimum atomic E-state index is -0.215. The lowest BCUT2D eigenvalue weighted by atomic mass is 10.1. The molecule has 2 aromatic rings. The van der Waals surface area contributed by atoms with Gasteiger partial charge in [-0.2, -0.15) is 15.1 Å². The lowest BCUT2D eigenvalue weighted by Crippen LogP contribution is -2.25. The van der Waals surface area contributed by atoms with Gasteiger partial charge in [0.25, 0.3) is 0 Å². The standard InChI is InChI=1S/C13H21N5O2/c1-5-14-12-16-10-9(8-15-18-10)11(17-12)20-7-6-13(2,3)19-4/h8H,5-7H2,1-4H3,(H2,14,15,16,17,18). The van der Waals surface area contributed by atoms with Gasteiger partial charge in [0.05, 0.1) is 18.4 Å². The first-order chi connectivity index (χ1) is 9.55. The van der Waals surface area contributed by atoms with Gasteiger partial charge in [-0.1, -0.05) is 0 Å². The Morgan fingerprint density at radius 3 is 2.85 bits per heavy atom. The third-order valence-electron chi connectivity index (χ3n) is 3.11. The Kier molecular flexibility index (Phi) is 4.39. The summed E-state index contributed by atoms with van der Waals surface area (Å²) in [6, 6.07) is 0. The molecule has 0 aromatic carbocycles. The fraction of sp³-hybridized carbons (Fsp3) is 0.615. The number of nitrogens with zero attached hydrogens (tertiary/aromatic N) is 3. The molecule has 0 spiro atoms. The molecule has 0 amide bonds. The predicted octanol–water partition coefficient (Wildman–Crippen LogP) is 1.98. The van der Waals surface area contributed by atoms with Gasteiger partial charge in [0.2, 0.25) is 11.8 Å². The van der Waals surface area contributed by atoms with E-state index < -0.39 is 0 Å².